The predicted molar refractivity (Wildman–Crippen MR) is 119 cm³/mol. The fourth-order valence-electron chi connectivity index (χ4n) is 3.40. The van der Waals surface area contributed by atoms with Crippen LogP contribution in [0.4, 0.5) is 11.4 Å². The van der Waals surface area contributed by atoms with Crippen molar-refractivity contribution >= 4 is 23.5 Å². The van der Waals surface area contributed by atoms with Gasteiger partial charge in [-0.2, -0.15) is 0 Å². The third kappa shape index (κ3) is 4.22. The Morgan fingerprint density at radius 2 is 1.30 bits per heavy atom. The molecular weight excluding hydrogens is 328 g/mol. The molecule has 0 aliphatic carbocycles. The highest BCUT2D eigenvalue weighted by Gasteiger charge is 2.08. The van der Waals surface area contributed by atoms with Gasteiger partial charge in [-0.25, -0.2) is 0 Å². The smallest absolute Gasteiger partial charge is 0.0366 e. The van der Waals surface area contributed by atoms with E-state index in [-0.39, 0.29) is 0 Å². The number of benzene rings is 3. The average molecular weight is 357 g/mol. The minimum Gasteiger partial charge on any atom is -0.388 e. The molecule has 0 atom stereocenters. The number of anilines is 2. The summed E-state index contributed by atoms with van der Waals surface area (Å²) >= 11 is 0. The van der Waals surface area contributed by atoms with Crippen molar-refractivity contribution < 1.29 is 0 Å². The Bertz CT molecular complexity index is 958. The van der Waals surface area contributed by atoms with Crippen LogP contribution >= 0.6 is 0 Å². The van der Waals surface area contributed by atoms with Crippen molar-refractivity contribution in [1.82, 2.24) is 0 Å². The van der Waals surface area contributed by atoms with Crippen molar-refractivity contribution in [2.45, 2.75) is 13.8 Å². The second-order valence-corrected chi connectivity index (χ2v) is 6.62. The van der Waals surface area contributed by atoms with Crippen molar-refractivity contribution in [3.63, 3.8) is 0 Å². The van der Waals surface area contributed by atoms with Crippen LogP contribution in [0.3, 0.4) is 0 Å². The molecule has 0 heterocycles. The van der Waals surface area contributed by atoms with Crippen LogP contribution in [0.15, 0.2) is 72.8 Å². The summed E-state index contributed by atoms with van der Waals surface area (Å²) in [5, 5.41) is 5.42. The fraction of sp³-hybridized carbons (Fsp3) is 0.200. The van der Waals surface area contributed by atoms with Crippen molar-refractivity contribution in [2.24, 2.45) is 0 Å². The van der Waals surface area contributed by atoms with Crippen LogP contribution < -0.4 is 20.7 Å². The molecule has 2 heteroatoms. The van der Waals surface area contributed by atoms with Gasteiger partial charge in [-0.1, -0.05) is 55.1 Å². The van der Waals surface area contributed by atoms with E-state index < -0.39 is 0 Å². The first-order valence-electron chi connectivity index (χ1n) is 9.59. The molecule has 0 fully saturated rings. The lowest BCUT2D eigenvalue weighted by molar-refractivity contribution is 0.866. The molecule has 1 N–H and O–H groups in total. The van der Waals surface area contributed by atoms with Crippen LogP contribution in [-0.2, 0) is 0 Å². The minimum absolute atomic E-state index is 1.02. The number of hydrogen-bond donors (Lipinski definition) is 1. The summed E-state index contributed by atoms with van der Waals surface area (Å²) in [6, 6.07) is 26.0. The quantitative estimate of drug-likeness (QED) is 0.711. The molecule has 0 saturated heterocycles. The van der Waals surface area contributed by atoms with Crippen LogP contribution in [0.1, 0.15) is 25.0 Å². The Morgan fingerprint density at radius 1 is 0.778 bits per heavy atom. The van der Waals surface area contributed by atoms with E-state index in [1.54, 1.807) is 0 Å². The van der Waals surface area contributed by atoms with E-state index >= 15 is 0 Å². The molecule has 3 aromatic carbocycles. The Hall–Kier alpha value is -3.00. The van der Waals surface area contributed by atoms with Gasteiger partial charge in [0, 0.05) is 31.5 Å². The van der Waals surface area contributed by atoms with Gasteiger partial charge in [0.1, 0.15) is 0 Å². The van der Waals surface area contributed by atoms with Crippen LogP contribution in [-0.4, -0.2) is 20.1 Å². The maximum absolute atomic E-state index is 4.02. The van der Waals surface area contributed by atoms with Gasteiger partial charge in [-0.15, -0.1) is 0 Å². The first-order valence-corrected chi connectivity index (χ1v) is 9.59. The summed E-state index contributed by atoms with van der Waals surface area (Å²) in [5.74, 6) is 0. The van der Waals surface area contributed by atoms with E-state index in [1.807, 2.05) is 7.05 Å². The highest BCUT2D eigenvalue weighted by atomic mass is 15.1. The zero-order valence-corrected chi connectivity index (χ0v) is 16.5. The molecule has 2 nitrogen and oxygen atoms in total. The molecule has 0 aromatic heterocycles. The zero-order chi connectivity index (χ0) is 19.2. The largest absolute Gasteiger partial charge is 0.388 e. The van der Waals surface area contributed by atoms with Gasteiger partial charge >= 0.3 is 0 Å². The predicted octanol–water partition coefficient (Wildman–Crippen LogP) is 4.23. The summed E-state index contributed by atoms with van der Waals surface area (Å²) in [4.78, 5) is 2.36. The van der Waals surface area contributed by atoms with E-state index in [2.05, 4.69) is 103 Å². The lowest BCUT2D eigenvalue weighted by Crippen LogP contribution is -2.21. The van der Waals surface area contributed by atoms with Gasteiger partial charge in [0.15, 0.2) is 0 Å². The van der Waals surface area contributed by atoms with E-state index in [1.165, 1.54) is 27.6 Å². The molecule has 0 radical (unpaired) electrons. The van der Waals surface area contributed by atoms with E-state index in [4.69, 9.17) is 0 Å². The topological polar surface area (TPSA) is 15.3 Å². The Morgan fingerprint density at radius 3 is 1.78 bits per heavy atom. The molecule has 0 aliphatic rings. The van der Waals surface area contributed by atoms with Gasteiger partial charge in [0.25, 0.3) is 0 Å². The highest BCUT2D eigenvalue weighted by Crippen LogP contribution is 2.25. The average Bonchev–Trinajstić information content (AvgIpc) is 2.72. The summed E-state index contributed by atoms with van der Waals surface area (Å²) < 4.78 is 0. The molecule has 0 amide bonds. The van der Waals surface area contributed by atoms with Gasteiger partial charge in [0.05, 0.1) is 0 Å². The summed E-state index contributed by atoms with van der Waals surface area (Å²) in [5.41, 5.74) is 6.05. The zero-order valence-electron chi connectivity index (χ0n) is 16.5. The molecule has 3 rings (SSSR count). The molecule has 3 aromatic rings. The van der Waals surface area contributed by atoms with Crippen LogP contribution in [0.2, 0.25) is 0 Å². The first-order chi connectivity index (χ1) is 13.2. The van der Waals surface area contributed by atoms with Gasteiger partial charge in [-0.3, -0.25) is 0 Å². The normalized spacial score (nSPS) is 10.5. The molecule has 0 aliphatic heterocycles. The molecule has 0 unspecified atom stereocenters. The first kappa shape index (κ1) is 18.8. The molecular formula is C25H28N2. The van der Waals surface area contributed by atoms with Crippen molar-refractivity contribution in [3.8, 4) is 0 Å². The lowest BCUT2D eigenvalue weighted by Gasteiger charge is -2.21. The number of rotatable bonds is 6. The van der Waals surface area contributed by atoms with E-state index in [9.17, 15) is 0 Å². The number of nitrogens with zero attached hydrogens (tertiary/aromatic N) is 1. The standard InChI is InChI=1S/C25H28N2/c1-5-27(6-2)24-17-13-22(14-18-24)25(20-9-7-19(3)8-10-20)21-11-15-23(26-4)16-12-21/h7-18,26H,3,5-6H2,1-2,4H3. The second kappa shape index (κ2) is 8.59. The van der Waals surface area contributed by atoms with Crippen LogP contribution in [0.25, 0.3) is 12.2 Å². The molecule has 0 bridgehead atoms. The second-order valence-electron chi connectivity index (χ2n) is 6.62. The SMILES string of the molecule is C=c1ccc(=C(c2ccc(NC)cc2)c2ccc(N(CC)CC)cc2)cc1. The molecule has 0 spiro atoms. The molecule has 0 saturated carbocycles. The molecule has 27 heavy (non-hydrogen) atoms. The van der Waals surface area contributed by atoms with Crippen LogP contribution in [0.5, 0.6) is 0 Å². The monoisotopic (exact) mass is 356 g/mol. The van der Waals surface area contributed by atoms with Gasteiger partial charge in [0.2, 0.25) is 0 Å². The van der Waals surface area contributed by atoms with Crippen molar-refractivity contribution in [1.29, 1.82) is 0 Å². The highest BCUT2D eigenvalue weighted by molar-refractivity contribution is 5.80. The third-order valence-electron chi connectivity index (χ3n) is 4.99. The maximum Gasteiger partial charge on any atom is 0.0366 e. The molecule has 138 valence electrons. The third-order valence-corrected chi connectivity index (χ3v) is 4.99. The minimum atomic E-state index is 1.02. The van der Waals surface area contributed by atoms with Crippen molar-refractivity contribution in [3.05, 3.63) is 94.4 Å². The Balaban J connectivity index is 2.14. The summed E-state index contributed by atoms with van der Waals surface area (Å²) in [7, 11) is 1.94. The Kier molecular flexibility index (Phi) is 5.97. The maximum atomic E-state index is 4.02. The van der Waals surface area contributed by atoms with E-state index in [0.717, 1.165) is 24.0 Å². The van der Waals surface area contributed by atoms with Crippen molar-refractivity contribution in [2.75, 3.05) is 30.4 Å². The lowest BCUT2D eigenvalue weighted by atomic mass is 9.95. The van der Waals surface area contributed by atoms with Gasteiger partial charge < -0.3 is 10.2 Å². The van der Waals surface area contributed by atoms with Crippen LogP contribution in [0, 0.1) is 0 Å². The summed E-state index contributed by atoms with van der Waals surface area (Å²) in [6.45, 7) is 10.4. The number of hydrogen-bond acceptors (Lipinski definition) is 2. The Labute approximate surface area is 162 Å². The van der Waals surface area contributed by atoms with Gasteiger partial charge in [-0.05, 0) is 65.3 Å². The summed E-state index contributed by atoms with van der Waals surface area (Å²) in [6.07, 6.45) is 0. The number of nitrogens with one attached hydrogen (secondary N) is 1. The fourth-order valence-corrected chi connectivity index (χ4v) is 3.40. The van der Waals surface area contributed by atoms with E-state index in [0.29, 0.717) is 0 Å².